The van der Waals surface area contributed by atoms with E-state index in [9.17, 15) is 0 Å². The molecule has 0 spiro atoms. The highest BCUT2D eigenvalue weighted by molar-refractivity contribution is 6.33. The molecule has 4 heteroatoms. The van der Waals surface area contributed by atoms with Crippen LogP contribution in [0, 0.1) is 6.92 Å². The smallest absolute Gasteiger partial charge is 0.207 e. The molecule has 0 aliphatic rings. The third-order valence-corrected chi connectivity index (χ3v) is 2.75. The van der Waals surface area contributed by atoms with Crippen molar-refractivity contribution >= 4 is 23.2 Å². The summed E-state index contributed by atoms with van der Waals surface area (Å²) in [5, 5.41) is 3.94. The van der Waals surface area contributed by atoms with Gasteiger partial charge < -0.3 is 9.88 Å². The predicted octanol–water partition coefficient (Wildman–Crippen LogP) is 3.61. The molecular formula is C12H14ClN3. The van der Waals surface area contributed by atoms with Gasteiger partial charge in [-0.05, 0) is 31.5 Å². The van der Waals surface area contributed by atoms with Crippen molar-refractivity contribution in [3.8, 4) is 0 Å². The molecule has 0 saturated carbocycles. The topological polar surface area (TPSA) is 29.9 Å². The highest BCUT2D eigenvalue weighted by atomic mass is 35.5. The molecule has 84 valence electrons. The average molecular weight is 236 g/mol. The number of aromatic nitrogens is 2. The molecule has 0 saturated heterocycles. The van der Waals surface area contributed by atoms with E-state index in [0.29, 0.717) is 5.02 Å². The van der Waals surface area contributed by atoms with E-state index in [2.05, 4.69) is 17.2 Å². The van der Waals surface area contributed by atoms with Gasteiger partial charge >= 0.3 is 0 Å². The van der Waals surface area contributed by atoms with Gasteiger partial charge in [0.15, 0.2) is 0 Å². The highest BCUT2D eigenvalue weighted by Crippen LogP contribution is 2.25. The lowest BCUT2D eigenvalue weighted by Gasteiger charge is -2.10. The molecule has 0 unspecified atom stereocenters. The Kier molecular flexibility index (Phi) is 3.15. The fraction of sp³-hybridized carbons (Fsp3) is 0.250. The molecule has 1 aromatic carbocycles. The second-order valence-corrected chi connectivity index (χ2v) is 4.05. The van der Waals surface area contributed by atoms with Crippen LogP contribution in [-0.2, 0) is 6.54 Å². The zero-order chi connectivity index (χ0) is 11.5. The van der Waals surface area contributed by atoms with Crippen LogP contribution < -0.4 is 5.32 Å². The molecule has 2 rings (SSSR count). The lowest BCUT2D eigenvalue weighted by Crippen LogP contribution is -2.01. The number of benzene rings is 1. The van der Waals surface area contributed by atoms with Crippen LogP contribution in [-0.4, -0.2) is 9.55 Å². The van der Waals surface area contributed by atoms with Gasteiger partial charge in [0, 0.05) is 18.9 Å². The van der Waals surface area contributed by atoms with Gasteiger partial charge in [-0.1, -0.05) is 17.7 Å². The van der Waals surface area contributed by atoms with E-state index in [1.54, 1.807) is 6.20 Å². The lowest BCUT2D eigenvalue weighted by atomic mass is 10.2. The molecule has 0 bridgehead atoms. The minimum absolute atomic E-state index is 0.705. The lowest BCUT2D eigenvalue weighted by molar-refractivity contribution is 0.772. The number of rotatable bonds is 3. The van der Waals surface area contributed by atoms with Gasteiger partial charge in [0.25, 0.3) is 0 Å². The number of nitrogens with one attached hydrogen (secondary N) is 1. The maximum absolute atomic E-state index is 6.11. The summed E-state index contributed by atoms with van der Waals surface area (Å²) in [5.41, 5.74) is 2.06. The Morgan fingerprint density at radius 3 is 3.00 bits per heavy atom. The van der Waals surface area contributed by atoms with Gasteiger partial charge in [-0.2, -0.15) is 0 Å². The van der Waals surface area contributed by atoms with Gasteiger partial charge in [0.2, 0.25) is 5.95 Å². The first kappa shape index (κ1) is 11.0. The summed E-state index contributed by atoms with van der Waals surface area (Å²) in [6, 6.07) is 5.88. The largest absolute Gasteiger partial charge is 0.324 e. The Morgan fingerprint density at radius 2 is 2.25 bits per heavy atom. The maximum Gasteiger partial charge on any atom is 0.207 e. The van der Waals surface area contributed by atoms with Gasteiger partial charge in [-0.3, -0.25) is 0 Å². The standard InChI is InChI=1S/C12H14ClN3/c1-3-16-7-6-14-12(16)15-11-8-9(2)4-5-10(11)13/h4-8H,3H2,1-2H3,(H,14,15). The second-order valence-electron chi connectivity index (χ2n) is 3.65. The summed E-state index contributed by atoms with van der Waals surface area (Å²) >= 11 is 6.11. The van der Waals surface area contributed by atoms with Crippen LogP contribution in [0.2, 0.25) is 5.02 Å². The van der Waals surface area contributed by atoms with Crippen molar-refractivity contribution in [1.82, 2.24) is 9.55 Å². The second kappa shape index (κ2) is 4.58. The number of nitrogens with zero attached hydrogens (tertiary/aromatic N) is 2. The first-order valence-electron chi connectivity index (χ1n) is 5.25. The molecule has 1 heterocycles. The van der Waals surface area contributed by atoms with E-state index in [1.807, 2.05) is 35.9 Å². The van der Waals surface area contributed by atoms with Crippen LogP contribution >= 0.6 is 11.6 Å². The Hall–Kier alpha value is -1.48. The Balaban J connectivity index is 2.30. The molecule has 3 nitrogen and oxygen atoms in total. The predicted molar refractivity (Wildman–Crippen MR) is 67.4 cm³/mol. The monoisotopic (exact) mass is 235 g/mol. The summed E-state index contributed by atoms with van der Waals surface area (Å²) in [4.78, 5) is 4.25. The van der Waals surface area contributed by atoms with Gasteiger partial charge in [-0.25, -0.2) is 4.98 Å². The summed E-state index contributed by atoms with van der Waals surface area (Å²) in [6.45, 7) is 4.99. The van der Waals surface area contributed by atoms with Crippen molar-refractivity contribution in [2.45, 2.75) is 20.4 Å². The molecule has 0 atom stereocenters. The third kappa shape index (κ3) is 2.19. The molecule has 0 radical (unpaired) electrons. The van der Waals surface area contributed by atoms with Gasteiger partial charge in [-0.15, -0.1) is 0 Å². The molecule has 0 aliphatic heterocycles. The number of halogens is 1. The molecule has 0 aliphatic carbocycles. The number of anilines is 2. The zero-order valence-electron chi connectivity index (χ0n) is 9.37. The van der Waals surface area contributed by atoms with Crippen molar-refractivity contribution < 1.29 is 0 Å². The van der Waals surface area contributed by atoms with Crippen molar-refractivity contribution in [2.24, 2.45) is 0 Å². The van der Waals surface area contributed by atoms with Crippen molar-refractivity contribution in [3.63, 3.8) is 0 Å². The molecule has 0 amide bonds. The maximum atomic E-state index is 6.11. The Morgan fingerprint density at radius 1 is 1.44 bits per heavy atom. The molecule has 16 heavy (non-hydrogen) atoms. The van der Waals surface area contributed by atoms with Crippen molar-refractivity contribution in [2.75, 3.05) is 5.32 Å². The van der Waals surface area contributed by atoms with Gasteiger partial charge in [0.05, 0.1) is 10.7 Å². The SMILES string of the molecule is CCn1ccnc1Nc1cc(C)ccc1Cl. The van der Waals surface area contributed by atoms with E-state index in [0.717, 1.165) is 18.2 Å². The van der Waals surface area contributed by atoms with E-state index < -0.39 is 0 Å². The fourth-order valence-corrected chi connectivity index (χ4v) is 1.71. The average Bonchev–Trinajstić information content (AvgIpc) is 2.71. The van der Waals surface area contributed by atoms with Crippen molar-refractivity contribution in [3.05, 3.63) is 41.2 Å². The minimum Gasteiger partial charge on any atom is -0.324 e. The van der Waals surface area contributed by atoms with E-state index >= 15 is 0 Å². The summed E-state index contributed by atoms with van der Waals surface area (Å²) in [5.74, 6) is 0.815. The molecule has 2 aromatic rings. The summed E-state index contributed by atoms with van der Waals surface area (Å²) in [7, 11) is 0. The minimum atomic E-state index is 0.705. The normalized spacial score (nSPS) is 10.4. The Labute approximate surface area is 100 Å². The molecule has 0 fully saturated rings. The molecule has 1 N–H and O–H groups in total. The van der Waals surface area contributed by atoms with E-state index in [4.69, 9.17) is 11.6 Å². The van der Waals surface area contributed by atoms with E-state index in [-0.39, 0.29) is 0 Å². The molecular weight excluding hydrogens is 222 g/mol. The van der Waals surface area contributed by atoms with Crippen LogP contribution in [0.1, 0.15) is 12.5 Å². The van der Waals surface area contributed by atoms with Crippen LogP contribution in [0.5, 0.6) is 0 Å². The third-order valence-electron chi connectivity index (χ3n) is 2.42. The van der Waals surface area contributed by atoms with Crippen LogP contribution in [0.3, 0.4) is 0 Å². The highest BCUT2D eigenvalue weighted by Gasteiger charge is 2.04. The van der Waals surface area contributed by atoms with Gasteiger partial charge in [0.1, 0.15) is 0 Å². The van der Waals surface area contributed by atoms with Crippen molar-refractivity contribution in [1.29, 1.82) is 0 Å². The van der Waals surface area contributed by atoms with Crippen LogP contribution in [0.15, 0.2) is 30.6 Å². The van der Waals surface area contributed by atoms with E-state index in [1.165, 1.54) is 5.56 Å². The first-order valence-corrected chi connectivity index (χ1v) is 5.63. The fourth-order valence-electron chi connectivity index (χ4n) is 1.54. The number of hydrogen-bond acceptors (Lipinski definition) is 2. The van der Waals surface area contributed by atoms with Crippen LogP contribution in [0.4, 0.5) is 11.6 Å². The first-order chi connectivity index (χ1) is 7.70. The Bertz CT molecular complexity index is 491. The summed E-state index contributed by atoms with van der Waals surface area (Å²) < 4.78 is 2.03. The van der Waals surface area contributed by atoms with Crippen LogP contribution in [0.25, 0.3) is 0 Å². The molecule has 1 aromatic heterocycles. The summed E-state index contributed by atoms with van der Waals surface area (Å²) in [6.07, 6.45) is 3.71. The number of hydrogen-bond donors (Lipinski definition) is 1. The zero-order valence-corrected chi connectivity index (χ0v) is 10.1. The number of imidazole rings is 1. The quantitative estimate of drug-likeness (QED) is 0.881. The number of aryl methyl sites for hydroxylation is 2.